The molecule has 0 aliphatic carbocycles. The zero-order valence-corrected chi connectivity index (χ0v) is 20.5. The van der Waals surface area contributed by atoms with Gasteiger partial charge in [-0.05, 0) is 50.2 Å². The molecule has 0 saturated carbocycles. The molecular weight excluding hydrogens is 476 g/mol. The first-order chi connectivity index (χ1) is 16.7. The lowest BCUT2D eigenvalue weighted by Crippen LogP contribution is -2.48. The molecule has 1 amide bonds. The molecule has 2 heterocycles. The number of rotatable bonds is 7. The Kier molecular flexibility index (Phi) is 7.05. The normalized spacial score (nSPS) is 18.7. The summed E-state index contributed by atoms with van der Waals surface area (Å²) < 4.78 is 49.2. The minimum absolute atomic E-state index is 0.0977. The number of carbonyl (C=O) groups excluding carboxylic acids is 1. The molecule has 1 fully saturated rings. The van der Waals surface area contributed by atoms with Gasteiger partial charge in [-0.3, -0.25) is 10.1 Å². The SMILES string of the molecule is COc1cccc(-c2nnc(NC(=O)c3ccc(S(=O)(=O)N4CC(C)OC(C)C4)cc3)o2)c1OC. The first-order valence-corrected chi connectivity index (χ1v) is 12.3. The molecule has 2 atom stereocenters. The highest BCUT2D eigenvalue weighted by molar-refractivity contribution is 7.89. The zero-order valence-electron chi connectivity index (χ0n) is 19.7. The van der Waals surface area contributed by atoms with Crippen LogP contribution in [0.5, 0.6) is 11.5 Å². The maximum Gasteiger partial charge on any atom is 0.322 e. The van der Waals surface area contributed by atoms with Crippen LogP contribution < -0.4 is 14.8 Å². The van der Waals surface area contributed by atoms with Gasteiger partial charge in [0, 0.05) is 18.7 Å². The van der Waals surface area contributed by atoms with Crippen molar-refractivity contribution in [2.75, 3.05) is 32.6 Å². The largest absolute Gasteiger partial charge is 0.493 e. The summed E-state index contributed by atoms with van der Waals surface area (Å²) in [7, 11) is -0.706. The fourth-order valence-corrected chi connectivity index (χ4v) is 5.45. The van der Waals surface area contributed by atoms with E-state index in [0.717, 1.165) is 0 Å². The molecule has 1 aromatic heterocycles. The van der Waals surface area contributed by atoms with Crippen LogP contribution in [-0.4, -0.2) is 68.3 Å². The Morgan fingerprint density at radius 3 is 2.34 bits per heavy atom. The third-order valence-electron chi connectivity index (χ3n) is 5.42. The number of anilines is 1. The van der Waals surface area contributed by atoms with Crippen molar-refractivity contribution in [3.63, 3.8) is 0 Å². The monoisotopic (exact) mass is 502 g/mol. The topological polar surface area (TPSA) is 133 Å². The fraction of sp³-hybridized carbons (Fsp3) is 0.348. The number of morpholine rings is 1. The second-order valence-corrected chi connectivity index (χ2v) is 9.95. The first-order valence-electron chi connectivity index (χ1n) is 10.8. The van der Waals surface area contributed by atoms with Crippen LogP contribution in [0, 0.1) is 0 Å². The van der Waals surface area contributed by atoms with Gasteiger partial charge in [0.25, 0.3) is 11.8 Å². The molecule has 0 radical (unpaired) electrons. The van der Waals surface area contributed by atoms with Crippen LogP contribution in [0.25, 0.3) is 11.5 Å². The molecular formula is C23H26N4O7S. The molecule has 2 aromatic carbocycles. The van der Waals surface area contributed by atoms with Crippen molar-refractivity contribution in [1.82, 2.24) is 14.5 Å². The summed E-state index contributed by atoms with van der Waals surface area (Å²) in [5, 5.41) is 10.3. The van der Waals surface area contributed by atoms with E-state index in [2.05, 4.69) is 15.5 Å². The number of nitrogens with one attached hydrogen (secondary N) is 1. The Hall–Kier alpha value is -3.48. The van der Waals surface area contributed by atoms with Gasteiger partial charge in [-0.15, -0.1) is 5.10 Å². The van der Waals surface area contributed by atoms with Gasteiger partial charge in [0.1, 0.15) is 0 Å². The number of hydrogen-bond acceptors (Lipinski definition) is 9. The van der Waals surface area contributed by atoms with E-state index >= 15 is 0 Å². The van der Waals surface area contributed by atoms with E-state index in [1.54, 1.807) is 18.2 Å². The molecule has 186 valence electrons. The zero-order chi connectivity index (χ0) is 25.2. The smallest absolute Gasteiger partial charge is 0.322 e. The summed E-state index contributed by atoms with van der Waals surface area (Å²) >= 11 is 0. The Bertz CT molecular complexity index is 1300. The van der Waals surface area contributed by atoms with Gasteiger partial charge in [0.15, 0.2) is 11.5 Å². The molecule has 1 N–H and O–H groups in total. The predicted octanol–water partition coefficient (Wildman–Crippen LogP) is 2.80. The molecule has 11 nitrogen and oxygen atoms in total. The number of nitrogens with zero attached hydrogens (tertiary/aromatic N) is 3. The van der Waals surface area contributed by atoms with Crippen molar-refractivity contribution in [1.29, 1.82) is 0 Å². The second-order valence-electron chi connectivity index (χ2n) is 8.01. The van der Waals surface area contributed by atoms with Gasteiger partial charge >= 0.3 is 6.01 Å². The Morgan fingerprint density at radius 2 is 1.71 bits per heavy atom. The summed E-state index contributed by atoms with van der Waals surface area (Å²) in [6, 6.07) is 10.7. The number of methoxy groups -OCH3 is 2. The highest BCUT2D eigenvalue weighted by atomic mass is 32.2. The van der Waals surface area contributed by atoms with Gasteiger partial charge in [-0.1, -0.05) is 11.2 Å². The minimum Gasteiger partial charge on any atom is -0.493 e. The first kappa shape index (κ1) is 24.6. The van der Waals surface area contributed by atoms with E-state index in [9.17, 15) is 13.2 Å². The highest BCUT2D eigenvalue weighted by Gasteiger charge is 2.32. The molecule has 4 rings (SSSR count). The van der Waals surface area contributed by atoms with Crippen LogP contribution in [0.1, 0.15) is 24.2 Å². The Labute approximate surface area is 203 Å². The van der Waals surface area contributed by atoms with Crippen molar-refractivity contribution >= 4 is 21.9 Å². The number of sulfonamides is 1. The van der Waals surface area contributed by atoms with E-state index in [4.69, 9.17) is 18.6 Å². The summed E-state index contributed by atoms with van der Waals surface area (Å²) in [4.78, 5) is 12.8. The molecule has 3 aromatic rings. The van der Waals surface area contributed by atoms with E-state index in [0.29, 0.717) is 17.1 Å². The molecule has 2 unspecified atom stereocenters. The van der Waals surface area contributed by atoms with Crippen molar-refractivity contribution in [3.05, 3.63) is 48.0 Å². The van der Waals surface area contributed by atoms with Crippen molar-refractivity contribution in [2.45, 2.75) is 31.0 Å². The second kappa shape index (κ2) is 10.0. The van der Waals surface area contributed by atoms with E-state index in [1.807, 2.05) is 13.8 Å². The molecule has 1 aliphatic heterocycles. The molecule has 1 saturated heterocycles. The Balaban J connectivity index is 1.48. The summed E-state index contributed by atoms with van der Waals surface area (Å²) in [6.45, 7) is 4.21. The van der Waals surface area contributed by atoms with Crippen LogP contribution in [-0.2, 0) is 14.8 Å². The minimum atomic E-state index is -3.71. The average Bonchev–Trinajstić information content (AvgIpc) is 3.31. The lowest BCUT2D eigenvalue weighted by molar-refractivity contribution is -0.0440. The van der Waals surface area contributed by atoms with Crippen LogP contribution in [0.3, 0.4) is 0 Å². The van der Waals surface area contributed by atoms with Crippen LogP contribution in [0.15, 0.2) is 51.8 Å². The molecule has 0 bridgehead atoms. The number of aromatic nitrogens is 2. The average molecular weight is 503 g/mol. The number of amides is 1. The number of ether oxygens (including phenoxy) is 3. The molecule has 12 heteroatoms. The van der Waals surface area contributed by atoms with Gasteiger partial charge in [0.05, 0.1) is 36.9 Å². The van der Waals surface area contributed by atoms with Crippen molar-refractivity contribution < 1.29 is 31.8 Å². The van der Waals surface area contributed by atoms with E-state index in [-0.39, 0.29) is 47.7 Å². The summed E-state index contributed by atoms with van der Waals surface area (Å²) in [6.07, 6.45) is -0.398. The van der Waals surface area contributed by atoms with Crippen LogP contribution >= 0.6 is 0 Å². The summed E-state index contributed by atoms with van der Waals surface area (Å²) in [5.41, 5.74) is 0.729. The summed E-state index contributed by atoms with van der Waals surface area (Å²) in [5.74, 6) is 0.504. The maximum atomic E-state index is 13.0. The van der Waals surface area contributed by atoms with Crippen molar-refractivity contribution in [2.24, 2.45) is 0 Å². The number of para-hydroxylation sites is 1. The molecule has 35 heavy (non-hydrogen) atoms. The predicted molar refractivity (Wildman–Crippen MR) is 126 cm³/mol. The van der Waals surface area contributed by atoms with Crippen LogP contribution in [0.2, 0.25) is 0 Å². The van der Waals surface area contributed by atoms with Gasteiger partial charge in [0.2, 0.25) is 10.0 Å². The number of carbonyl (C=O) groups is 1. The van der Waals surface area contributed by atoms with E-state index in [1.165, 1.54) is 42.8 Å². The Morgan fingerprint density at radius 1 is 1.03 bits per heavy atom. The molecule has 0 spiro atoms. The van der Waals surface area contributed by atoms with Crippen molar-refractivity contribution in [3.8, 4) is 23.0 Å². The quantitative estimate of drug-likeness (QED) is 0.518. The number of hydrogen-bond donors (Lipinski definition) is 1. The van der Waals surface area contributed by atoms with Gasteiger partial charge < -0.3 is 18.6 Å². The molecule has 1 aliphatic rings. The highest BCUT2D eigenvalue weighted by Crippen LogP contribution is 2.37. The van der Waals surface area contributed by atoms with Crippen LogP contribution in [0.4, 0.5) is 6.01 Å². The maximum absolute atomic E-state index is 13.0. The third-order valence-corrected chi connectivity index (χ3v) is 7.27. The number of benzene rings is 2. The standard InChI is InChI=1S/C23H26N4O7S/c1-14-12-27(13-15(2)33-14)35(29,30)17-10-8-16(9-11-17)21(28)24-23-26-25-22(34-23)18-6-5-7-19(31-3)20(18)32-4/h5-11,14-15H,12-13H2,1-4H3,(H,24,26,28). The van der Waals surface area contributed by atoms with Gasteiger partial charge in [-0.25, -0.2) is 8.42 Å². The van der Waals surface area contributed by atoms with Gasteiger partial charge in [-0.2, -0.15) is 4.31 Å². The lowest BCUT2D eigenvalue weighted by Gasteiger charge is -2.34. The fourth-order valence-electron chi connectivity index (χ4n) is 3.86. The lowest BCUT2D eigenvalue weighted by atomic mass is 10.2. The van der Waals surface area contributed by atoms with E-state index < -0.39 is 15.9 Å². The third kappa shape index (κ3) is 5.14.